The molecule has 4 aromatic carbocycles. The van der Waals surface area contributed by atoms with E-state index < -0.39 is 26.5 Å². The van der Waals surface area contributed by atoms with E-state index in [0.29, 0.717) is 27.7 Å². The van der Waals surface area contributed by atoms with Gasteiger partial charge in [0.2, 0.25) is 0 Å². The molecule has 4 aromatic rings. The van der Waals surface area contributed by atoms with E-state index >= 15 is 0 Å². The summed E-state index contributed by atoms with van der Waals surface area (Å²) in [5.74, 6) is -0.759. The van der Waals surface area contributed by atoms with Crippen LogP contribution in [-0.4, -0.2) is 30.2 Å². The van der Waals surface area contributed by atoms with Gasteiger partial charge in [0.1, 0.15) is 22.0 Å². The van der Waals surface area contributed by atoms with Crippen molar-refractivity contribution in [2.75, 3.05) is 12.4 Å². The highest BCUT2D eigenvalue weighted by atomic mass is 32.2. The molecule has 0 aliphatic carbocycles. The Morgan fingerprint density at radius 3 is 2.26 bits per heavy atom. The lowest BCUT2D eigenvalue weighted by molar-refractivity contribution is 0.471. The fourth-order valence-electron chi connectivity index (χ4n) is 3.48. The average molecular weight is 492 g/mol. The summed E-state index contributed by atoms with van der Waals surface area (Å²) in [5.41, 5.74) is 2.08. The van der Waals surface area contributed by atoms with E-state index in [9.17, 15) is 23.2 Å². The van der Waals surface area contributed by atoms with Crippen LogP contribution >= 0.6 is 0 Å². The molecule has 0 unspecified atom stereocenters. The molecule has 0 bridgehead atoms. The highest BCUT2D eigenvalue weighted by molar-refractivity contribution is 7.86. The zero-order valence-corrected chi connectivity index (χ0v) is 19.5. The molecule has 4 rings (SSSR count). The predicted octanol–water partition coefficient (Wildman–Crippen LogP) is 6.68. The second-order valence-electron chi connectivity index (χ2n) is 7.60. The molecule has 11 heteroatoms. The Morgan fingerprint density at radius 2 is 1.57 bits per heavy atom. The second kappa shape index (κ2) is 9.49. The number of hydrogen-bond acceptors (Lipinski definition) is 9. The van der Waals surface area contributed by atoms with Crippen LogP contribution in [0, 0.1) is 6.92 Å². The third kappa shape index (κ3) is 5.10. The molecule has 0 radical (unpaired) electrons. The van der Waals surface area contributed by atoms with E-state index in [0.717, 1.165) is 5.69 Å². The first kappa shape index (κ1) is 23.8. The minimum Gasteiger partial charge on any atom is -0.506 e. The molecule has 0 atom stereocenters. The number of hydrogen-bond donors (Lipinski definition) is 4. The van der Waals surface area contributed by atoms with Crippen LogP contribution < -0.4 is 5.32 Å². The van der Waals surface area contributed by atoms with Crippen LogP contribution in [0.5, 0.6) is 11.5 Å². The molecule has 0 saturated carbocycles. The van der Waals surface area contributed by atoms with Crippen molar-refractivity contribution in [1.29, 1.82) is 0 Å². The summed E-state index contributed by atoms with van der Waals surface area (Å²) < 4.78 is 34.1. The van der Waals surface area contributed by atoms with E-state index in [1.165, 1.54) is 25.2 Å². The molecule has 0 saturated heterocycles. The number of rotatable bonds is 6. The fourth-order valence-corrected chi connectivity index (χ4v) is 4.14. The molecule has 35 heavy (non-hydrogen) atoms. The number of benzene rings is 4. The van der Waals surface area contributed by atoms with Gasteiger partial charge in [-0.1, -0.05) is 18.2 Å². The standard InChI is InChI=1S/C24H21N5O5S/c1-14-10-20(21(30)13-19(14)27-25-2)28-29-23-22(35(32,33)34)12-15-11-17(8-9-18(15)24(23)31)26-16-6-4-3-5-7-16/h3-13,26,30-31H,1-2H3,(H,32,33,34)/b27-25-,29-28-. The number of aromatic hydroxyl groups is 2. The van der Waals surface area contributed by atoms with Crippen molar-refractivity contribution >= 4 is 49.3 Å². The molecule has 0 heterocycles. The molecule has 0 aliphatic rings. The Balaban J connectivity index is 1.81. The zero-order chi connectivity index (χ0) is 25.2. The van der Waals surface area contributed by atoms with E-state index in [1.54, 1.807) is 25.1 Å². The molecule has 0 spiro atoms. The van der Waals surface area contributed by atoms with Gasteiger partial charge in [0, 0.05) is 29.9 Å². The third-order valence-electron chi connectivity index (χ3n) is 5.15. The fraction of sp³-hybridized carbons (Fsp3) is 0.0833. The van der Waals surface area contributed by atoms with Crippen LogP contribution in [0.2, 0.25) is 0 Å². The molecule has 0 aromatic heterocycles. The van der Waals surface area contributed by atoms with E-state index in [4.69, 9.17) is 0 Å². The van der Waals surface area contributed by atoms with E-state index in [-0.39, 0.29) is 11.4 Å². The molecule has 10 nitrogen and oxygen atoms in total. The molecular weight excluding hydrogens is 470 g/mol. The third-order valence-corrected chi connectivity index (χ3v) is 6.02. The molecule has 4 N–H and O–H groups in total. The molecule has 0 amide bonds. The lowest BCUT2D eigenvalue weighted by atomic mass is 10.1. The van der Waals surface area contributed by atoms with Crippen molar-refractivity contribution < 1.29 is 23.2 Å². The van der Waals surface area contributed by atoms with Gasteiger partial charge < -0.3 is 15.5 Å². The van der Waals surface area contributed by atoms with Crippen LogP contribution in [0.25, 0.3) is 10.8 Å². The van der Waals surface area contributed by atoms with Gasteiger partial charge in [-0.2, -0.15) is 18.6 Å². The average Bonchev–Trinajstić information content (AvgIpc) is 2.81. The zero-order valence-electron chi connectivity index (χ0n) is 18.7. The number of fused-ring (bicyclic) bond motifs is 1. The summed E-state index contributed by atoms with van der Waals surface area (Å²) in [6.45, 7) is 1.72. The largest absolute Gasteiger partial charge is 0.506 e. The molecular formula is C24H21N5O5S. The smallest absolute Gasteiger partial charge is 0.296 e. The van der Waals surface area contributed by atoms with Crippen LogP contribution in [0.4, 0.5) is 28.4 Å². The topological polar surface area (TPSA) is 156 Å². The predicted molar refractivity (Wildman–Crippen MR) is 133 cm³/mol. The van der Waals surface area contributed by atoms with E-state index in [2.05, 4.69) is 25.8 Å². The van der Waals surface area contributed by atoms with E-state index in [1.807, 2.05) is 30.3 Å². The number of nitrogens with one attached hydrogen (secondary N) is 1. The summed E-state index contributed by atoms with van der Waals surface area (Å²) in [4.78, 5) is -0.629. The number of phenolic OH excluding ortho intramolecular Hbond substituents is 2. The van der Waals surface area contributed by atoms with Crippen LogP contribution in [0.15, 0.2) is 92.1 Å². The second-order valence-corrected chi connectivity index (χ2v) is 8.99. The van der Waals surface area contributed by atoms with Crippen molar-refractivity contribution in [3.8, 4) is 11.5 Å². The van der Waals surface area contributed by atoms with Crippen LogP contribution in [0.1, 0.15) is 5.56 Å². The first-order valence-electron chi connectivity index (χ1n) is 10.3. The maximum atomic E-state index is 12.1. The SMILES string of the molecule is C/N=N\c1cc(O)c(/N=N\c2c(S(=O)(=O)O)cc3cc(Nc4ccccc4)ccc3c2O)cc1C. The maximum Gasteiger partial charge on any atom is 0.296 e. The van der Waals surface area contributed by atoms with Gasteiger partial charge in [-0.15, -0.1) is 10.2 Å². The molecule has 178 valence electrons. The normalized spacial score (nSPS) is 12.1. The summed E-state index contributed by atoms with van der Waals surface area (Å²) in [6, 6.07) is 18.3. The quantitative estimate of drug-likeness (QED) is 0.174. The Morgan fingerprint density at radius 1 is 0.829 bits per heavy atom. The number of aryl methyl sites for hydroxylation is 1. The summed E-state index contributed by atoms with van der Waals surface area (Å²) in [5, 5.41) is 40.3. The van der Waals surface area contributed by atoms with Crippen LogP contribution in [-0.2, 0) is 10.1 Å². The highest BCUT2D eigenvalue weighted by Gasteiger charge is 2.22. The van der Waals surface area contributed by atoms with Gasteiger partial charge in [0.25, 0.3) is 10.1 Å². The number of nitrogens with zero attached hydrogens (tertiary/aromatic N) is 4. The lowest BCUT2D eigenvalue weighted by Gasteiger charge is -2.11. The summed E-state index contributed by atoms with van der Waals surface area (Å²) in [6.07, 6.45) is 0. The number of phenols is 2. The number of anilines is 2. The Bertz CT molecular complexity index is 1590. The van der Waals surface area contributed by atoms with Gasteiger partial charge in [-0.05, 0) is 60.3 Å². The molecule has 0 aliphatic heterocycles. The Hall–Kier alpha value is -4.35. The number of para-hydroxylation sites is 1. The first-order valence-corrected chi connectivity index (χ1v) is 11.8. The molecule has 0 fully saturated rings. The van der Waals surface area contributed by atoms with Crippen molar-refractivity contribution in [1.82, 2.24) is 0 Å². The van der Waals surface area contributed by atoms with Crippen molar-refractivity contribution in [3.05, 3.63) is 72.3 Å². The first-order chi connectivity index (χ1) is 16.7. The van der Waals surface area contributed by atoms with Gasteiger partial charge in [0.05, 0.1) is 5.69 Å². The van der Waals surface area contributed by atoms with Crippen molar-refractivity contribution in [2.45, 2.75) is 11.8 Å². The van der Waals surface area contributed by atoms with Crippen molar-refractivity contribution in [2.24, 2.45) is 20.5 Å². The Kier molecular flexibility index (Phi) is 6.45. The lowest BCUT2D eigenvalue weighted by Crippen LogP contribution is -1.99. The maximum absolute atomic E-state index is 12.1. The highest BCUT2D eigenvalue weighted by Crippen LogP contribution is 2.43. The van der Waals surface area contributed by atoms with Crippen LogP contribution in [0.3, 0.4) is 0 Å². The number of azo groups is 2. The van der Waals surface area contributed by atoms with Gasteiger partial charge >= 0.3 is 0 Å². The summed E-state index contributed by atoms with van der Waals surface area (Å²) >= 11 is 0. The minimum absolute atomic E-state index is 0.0146. The summed E-state index contributed by atoms with van der Waals surface area (Å²) in [7, 11) is -3.29. The van der Waals surface area contributed by atoms with Gasteiger partial charge in [-0.25, -0.2) is 0 Å². The van der Waals surface area contributed by atoms with Crippen molar-refractivity contribution in [3.63, 3.8) is 0 Å². The Labute approximate surface area is 201 Å². The minimum atomic E-state index is -4.78. The van der Waals surface area contributed by atoms with Gasteiger partial charge in [-0.3, -0.25) is 4.55 Å². The van der Waals surface area contributed by atoms with Gasteiger partial charge in [0.15, 0.2) is 5.75 Å². The monoisotopic (exact) mass is 491 g/mol.